The molecule has 1 aliphatic rings. The summed E-state index contributed by atoms with van der Waals surface area (Å²) in [6.45, 7) is 17.9. The number of rotatable bonds is 5. The molecule has 1 aromatic carbocycles. The normalized spacial score (nSPS) is 19.1. The van der Waals surface area contributed by atoms with Gasteiger partial charge in [0.1, 0.15) is 11.4 Å². The fourth-order valence-electron chi connectivity index (χ4n) is 3.50. The van der Waals surface area contributed by atoms with Crippen molar-refractivity contribution in [3.8, 4) is 0 Å². The Morgan fingerprint density at radius 1 is 1.19 bits per heavy atom. The van der Waals surface area contributed by atoms with Gasteiger partial charge in [0.25, 0.3) is 0 Å². The van der Waals surface area contributed by atoms with Gasteiger partial charge in [-0.3, -0.25) is 0 Å². The molecule has 2 aromatic rings. The quantitative estimate of drug-likeness (QED) is 0.685. The van der Waals surface area contributed by atoms with Crippen LogP contribution >= 0.6 is 0 Å². The molecule has 1 aliphatic heterocycles. The number of H-pyrrole nitrogens is 1. The van der Waals surface area contributed by atoms with E-state index >= 15 is 0 Å². The van der Waals surface area contributed by atoms with Crippen LogP contribution in [0.3, 0.4) is 0 Å². The van der Waals surface area contributed by atoms with Gasteiger partial charge in [-0.05, 0) is 78.4 Å². The number of hydrogen-bond acceptors (Lipinski definition) is 5. The summed E-state index contributed by atoms with van der Waals surface area (Å²) in [6, 6.07) is 5.67. The predicted molar refractivity (Wildman–Crippen MR) is 123 cm³/mol. The van der Waals surface area contributed by atoms with Crippen LogP contribution in [0.2, 0.25) is 0 Å². The van der Waals surface area contributed by atoms with Crippen LogP contribution in [0.15, 0.2) is 18.2 Å². The van der Waals surface area contributed by atoms with Crippen molar-refractivity contribution in [1.82, 2.24) is 15.3 Å². The molecule has 0 unspecified atom stereocenters. The monoisotopic (exact) mass is 429 g/mol. The Morgan fingerprint density at radius 2 is 1.81 bits per heavy atom. The number of alkyl carbamates (subject to hydrolysis) is 1. The van der Waals surface area contributed by atoms with Crippen LogP contribution in [0, 0.1) is 5.92 Å². The molecule has 170 valence electrons. The third-order valence-corrected chi connectivity index (χ3v) is 5.78. The zero-order valence-electron chi connectivity index (χ0n) is 20.3. The van der Waals surface area contributed by atoms with E-state index in [1.165, 1.54) is 0 Å². The first-order valence-corrected chi connectivity index (χ1v) is 11.0. The molecule has 1 atom stereocenters. The molecule has 7 nitrogen and oxygen atoms in total. The minimum absolute atomic E-state index is 0.275. The first kappa shape index (κ1) is 23.6. The molecule has 0 spiro atoms. The smallest absolute Gasteiger partial charge is 0.444 e. The van der Waals surface area contributed by atoms with Gasteiger partial charge in [-0.2, -0.15) is 0 Å². The molecule has 1 saturated heterocycles. The zero-order valence-corrected chi connectivity index (χ0v) is 20.3. The summed E-state index contributed by atoms with van der Waals surface area (Å²) in [5.74, 6) is 1.08. The molecule has 0 bridgehead atoms. The van der Waals surface area contributed by atoms with Crippen LogP contribution in [0.5, 0.6) is 0 Å². The van der Waals surface area contributed by atoms with E-state index < -0.39 is 30.0 Å². The number of aromatic amines is 1. The number of carbonyl (C=O) groups excluding carboxylic acids is 1. The second kappa shape index (κ2) is 8.13. The van der Waals surface area contributed by atoms with Gasteiger partial charge in [0.15, 0.2) is 0 Å². The second-order valence-corrected chi connectivity index (χ2v) is 10.8. The molecule has 0 aliphatic carbocycles. The number of carbonyl (C=O) groups is 1. The Balaban J connectivity index is 1.85. The average Bonchev–Trinajstić information content (AvgIpc) is 3.09. The number of benzene rings is 1. The lowest BCUT2D eigenvalue weighted by molar-refractivity contribution is 0.00578. The number of fused-ring (bicyclic) bond motifs is 1. The third kappa shape index (κ3) is 5.41. The lowest BCUT2D eigenvalue weighted by Gasteiger charge is -2.32. The van der Waals surface area contributed by atoms with Crippen LogP contribution in [0.1, 0.15) is 80.6 Å². The van der Waals surface area contributed by atoms with E-state index in [1.54, 1.807) is 0 Å². The maximum Gasteiger partial charge on any atom is 0.494 e. The summed E-state index contributed by atoms with van der Waals surface area (Å²) in [5, 5.41) is 2.97. The van der Waals surface area contributed by atoms with Crippen LogP contribution in [-0.4, -0.2) is 40.0 Å². The van der Waals surface area contributed by atoms with Gasteiger partial charge in [0.2, 0.25) is 0 Å². The van der Waals surface area contributed by atoms with Gasteiger partial charge in [0, 0.05) is 0 Å². The topological polar surface area (TPSA) is 85.5 Å². The van der Waals surface area contributed by atoms with Crippen molar-refractivity contribution < 1.29 is 18.8 Å². The fourth-order valence-corrected chi connectivity index (χ4v) is 3.50. The summed E-state index contributed by atoms with van der Waals surface area (Å²) >= 11 is 0. The largest absolute Gasteiger partial charge is 0.494 e. The lowest BCUT2D eigenvalue weighted by atomic mass is 9.79. The molecule has 0 saturated carbocycles. The SMILES string of the molecule is CC(C)C[C@@H](NC(=O)OC(C)(C)C)c1nc2ccc(B3OC(C)(C)C(C)(C)O3)cc2[nH]1. The van der Waals surface area contributed by atoms with Crippen molar-refractivity contribution in [3.63, 3.8) is 0 Å². The number of nitrogens with one attached hydrogen (secondary N) is 2. The number of hydrogen-bond donors (Lipinski definition) is 2. The highest BCUT2D eigenvalue weighted by Gasteiger charge is 2.51. The van der Waals surface area contributed by atoms with Gasteiger partial charge in [-0.1, -0.05) is 19.9 Å². The van der Waals surface area contributed by atoms with E-state index in [-0.39, 0.29) is 6.04 Å². The first-order chi connectivity index (χ1) is 14.2. The van der Waals surface area contributed by atoms with E-state index in [9.17, 15) is 4.79 Å². The third-order valence-electron chi connectivity index (χ3n) is 5.78. The van der Waals surface area contributed by atoms with Crippen molar-refractivity contribution in [2.24, 2.45) is 5.92 Å². The number of imidazole rings is 1. The average molecular weight is 429 g/mol. The number of nitrogens with zero attached hydrogens (tertiary/aromatic N) is 1. The van der Waals surface area contributed by atoms with Gasteiger partial charge in [-0.15, -0.1) is 0 Å². The zero-order chi connectivity index (χ0) is 23.2. The molecular formula is C23H36BN3O4. The van der Waals surface area contributed by atoms with E-state index in [1.807, 2.05) is 66.7 Å². The van der Waals surface area contributed by atoms with Crippen molar-refractivity contribution in [2.75, 3.05) is 0 Å². The summed E-state index contributed by atoms with van der Waals surface area (Å²) < 4.78 is 17.8. The standard InChI is InChI=1S/C23H36BN3O4/c1-14(2)12-18(27-20(28)29-21(3,4)5)19-25-16-11-10-15(13-17(16)26-19)24-30-22(6,7)23(8,9)31-24/h10-11,13-14,18H,12H2,1-9H3,(H,25,26)(H,27,28)/t18-/m1/s1. The molecule has 8 heteroatoms. The Hall–Kier alpha value is -2.06. The molecular weight excluding hydrogens is 393 g/mol. The van der Waals surface area contributed by atoms with Crippen LogP contribution in [0.25, 0.3) is 11.0 Å². The Morgan fingerprint density at radius 3 is 2.35 bits per heavy atom. The predicted octanol–water partition coefficient (Wildman–Crippen LogP) is 4.47. The fraction of sp³-hybridized carbons (Fsp3) is 0.652. The van der Waals surface area contributed by atoms with Gasteiger partial charge in [-0.25, -0.2) is 9.78 Å². The number of aromatic nitrogens is 2. The van der Waals surface area contributed by atoms with Gasteiger partial charge >= 0.3 is 13.2 Å². The van der Waals surface area contributed by atoms with Crippen molar-refractivity contribution in [2.45, 2.75) is 91.6 Å². The van der Waals surface area contributed by atoms with Gasteiger partial charge in [0.05, 0.1) is 28.3 Å². The Kier molecular flexibility index (Phi) is 6.19. The molecule has 2 heterocycles. The maximum absolute atomic E-state index is 12.4. The minimum atomic E-state index is -0.557. The van der Waals surface area contributed by atoms with Crippen LogP contribution in [-0.2, 0) is 14.0 Å². The summed E-state index contributed by atoms with van der Waals surface area (Å²) in [4.78, 5) is 20.5. The van der Waals surface area contributed by atoms with E-state index in [4.69, 9.17) is 19.0 Å². The molecule has 1 fully saturated rings. The molecule has 3 rings (SSSR count). The molecule has 31 heavy (non-hydrogen) atoms. The van der Waals surface area contributed by atoms with Crippen molar-refractivity contribution in [1.29, 1.82) is 0 Å². The molecule has 1 amide bonds. The van der Waals surface area contributed by atoms with Crippen LogP contribution < -0.4 is 10.8 Å². The van der Waals surface area contributed by atoms with E-state index in [0.29, 0.717) is 11.7 Å². The maximum atomic E-state index is 12.4. The Bertz CT molecular complexity index is 930. The van der Waals surface area contributed by atoms with E-state index in [2.05, 4.69) is 24.1 Å². The summed E-state index contributed by atoms with van der Waals surface area (Å²) in [5.41, 5.74) is 1.29. The Labute approximate surface area is 185 Å². The second-order valence-electron chi connectivity index (χ2n) is 10.8. The van der Waals surface area contributed by atoms with Crippen molar-refractivity contribution >= 4 is 29.7 Å². The summed E-state index contributed by atoms with van der Waals surface area (Å²) in [7, 11) is -0.438. The van der Waals surface area contributed by atoms with Crippen LogP contribution in [0.4, 0.5) is 4.79 Å². The highest BCUT2D eigenvalue weighted by Crippen LogP contribution is 2.36. The summed E-state index contributed by atoms with van der Waals surface area (Å²) in [6.07, 6.45) is 0.292. The highest BCUT2D eigenvalue weighted by atomic mass is 16.7. The minimum Gasteiger partial charge on any atom is -0.444 e. The number of ether oxygens (including phenoxy) is 1. The van der Waals surface area contributed by atoms with E-state index in [0.717, 1.165) is 22.9 Å². The van der Waals surface area contributed by atoms with Gasteiger partial charge < -0.3 is 24.3 Å². The highest BCUT2D eigenvalue weighted by molar-refractivity contribution is 6.62. The molecule has 0 radical (unpaired) electrons. The molecule has 1 aromatic heterocycles. The first-order valence-electron chi connectivity index (χ1n) is 11.0. The number of amides is 1. The van der Waals surface area contributed by atoms with Crippen molar-refractivity contribution in [3.05, 3.63) is 24.0 Å². The lowest BCUT2D eigenvalue weighted by Crippen LogP contribution is -2.41. The molecule has 2 N–H and O–H groups in total.